The average Bonchev–Trinajstić information content (AvgIpc) is 3.44. The van der Waals surface area contributed by atoms with Crippen LogP contribution in [0, 0.1) is 22.9 Å². The maximum atomic E-state index is 14.0. The van der Waals surface area contributed by atoms with Gasteiger partial charge in [0.2, 0.25) is 5.13 Å². The average molecular weight is 463 g/mol. The minimum Gasteiger partial charge on any atom is -0.358 e. The van der Waals surface area contributed by atoms with Gasteiger partial charge in [0.05, 0.1) is 29.9 Å². The zero-order chi connectivity index (χ0) is 22.0. The predicted molar refractivity (Wildman–Crippen MR) is 113 cm³/mol. The minimum atomic E-state index is -0.518. The topological polar surface area (TPSA) is 117 Å². The molecule has 0 saturated heterocycles. The summed E-state index contributed by atoms with van der Waals surface area (Å²) in [7, 11) is 0. The van der Waals surface area contributed by atoms with Crippen molar-refractivity contribution in [3.8, 4) is 0 Å². The summed E-state index contributed by atoms with van der Waals surface area (Å²) in [6, 6.07) is 7.71. The number of rotatable bonds is 8. The van der Waals surface area contributed by atoms with Gasteiger partial charge < -0.3 is 15.4 Å². The quantitative estimate of drug-likeness (QED) is 0.311. The van der Waals surface area contributed by atoms with Crippen molar-refractivity contribution in [1.29, 1.82) is 0 Å². The summed E-state index contributed by atoms with van der Waals surface area (Å²) in [6.07, 6.45) is 2.24. The molecule has 0 aliphatic heterocycles. The summed E-state index contributed by atoms with van der Waals surface area (Å²) in [4.78, 5) is 10.3. The molecule has 0 bridgehead atoms. The molecule has 160 valence electrons. The van der Waals surface area contributed by atoms with E-state index in [9.17, 15) is 14.5 Å². The van der Waals surface area contributed by atoms with E-state index in [2.05, 4.69) is 25.7 Å². The SMILES string of the molecule is Cc1cc([N+](=O)[O-])nn1CCc1nnc(Nc2ccn(Cc3c(F)cccc3Cl)n2)s1. The summed E-state index contributed by atoms with van der Waals surface area (Å²) < 4.78 is 17.1. The van der Waals surface area contributed by atoms with Crippen molar-refractivity contribution in [2.75, 3.05) is 5.32 Å². The number of nitrogens with one attached hydrogen (secondary N) is 1. The first-order chi connectivity index (χ1) is 14.9. The standard InChI is InChI=1S/C18H16ClFN8O2S/c1-11-9-16(28(29)30)25-27(11)8-6-17-22-23-18(31-17)21-15-5-7-26(24-15)10-12-13(19)3-2-4-14(12)20/h2-5,7,9H,6,8,10H2,1H3,(H,21,23,24). The Morgan fingerprint density at radius 2 is 2.13 bits per heavy atom. The van der Waals surface area contributed by atoms with E-state index in [-0.39, 0.29) is 18.2 Å². The highest BCUT2D eigenvalue weighted by Gasteiger charge is 2.16. The van der Waals surface area contributed by atoms with Gasteiger partial charge in [0, 0.05) is 29.3 Å². The molecule has 10 nitrogen and oxygen atoms in total. The van der Waals surface area contributed by atoms with Gasteiger partial charge in [0.25, 0.3) is 0 Å². The molecule has 0 unspecified atom stereocenters. The van der Waals surface area contributed by atoms with E-state index >= 15 is 0 Å². The molecule has 0 radical (unpaired) electrons. The van der Waals surface area contributed by atoms with E-state index in [1.54, 1.807) is 40.7 Å². The lowest BCUT2D eigenvalue weighted by atomic mass is 10.2. The molecule has 13 heteroatoms. The molecule has 0 aliphatic rings. The van der Waals surface area contributed by atoms with E-state index in [4.69, 9.17) is 11.6 Å². The fraction of sp³-hybridized carbons (Fsp3) is 0.222. The third-order valence-electron chi connectivity index (χ3n) is 4.42. The van der Waals surface area contributed by atoms with Gasteiger partial charge in [-0.1, -0.05) is 29.0 Å². The normalized spacial score (nSPS) is 11.1. The van der Waals surface area contributed by atoms with Gasteiger partial charge in [-0.2, -0.15) is 9.78 Å². The van der Waals surface area contributed by atoms with Crippen LogP contribution in [0.3, 0.4) is 0 Å². The second-order valence-corrected chi connectivity index (χ2v) is 8.07. The molecule has 1 N–H and O–H groups in total. The molecule has 3 aromatic heterocycles. The molecule has 4 aromatic rings. The molecule has 0 aliphatic carbocycles. The summed E-state index contributed by atoms with van der Waals surface area (Å²) in [6.45, 7) is 2.41. The molecule has 3 heterocycles. The lowest BCUT2D eigenvalue weighted by Gasteiger charge is -2.05. The van der Waals surface area contributed by atoms with Crippen LogP contribution in [0.5, 0.6) is 0 Å². The first kappa shape index (κ1) is 20.9. The summed E-state index contributed by atoms with van der Waals surface area (Å²) >= 11 is 7.41. The van der Waals surface area contributed by atoms with Gasteiger partial charge in [-0.3, -0.25) is 4.68 Å². The van der Waals surface area contributed by atoms with E-state index in [1.165, 1.54) is 23.5 Å². The number of aromatic nitrogens is 6. The lowest BCUT2D eigenvalue weighted by molar-refractivity contribution is -0.389. The van der Waals surface area contributed by atoms with Crippen LogP contribution in [-0.2, 0) is 19.5 Å². The predicted octanol–water partition coefficient (Wildman–Crippen LogP) is 3.97. The van der Waals surface area contributed by atoms with Crippen molar-refractivity contribution >= 4 is 39.7 Å². The molecule has 31 heavy (non-hydrogen) atoms. The second-order valence-electron chi connectivity index (χ2n) is 6.60. The lowest BCUT2D eigenvalue weighted by Crippen LogP contribution is -2.05. The third kappa shape index (κ3) is 4.86. The molecule has 0 amide bonds. The smallest absolute Gasteiger partial charge is 0.358 e. The Hall–Kier alpha value is -3.38. The van der Waals surface area contributed by atoms with Gasteiger partial charge >= 0.3 is 5.82 Å². The monoisotopic (exact) mass is 462 g/mol. The largest absolute Gasteiger partial charge is 0.390 e. The maximum absolute atomic E-state index is 14.0. The first-order valence-electron chi connectivity index (χ1n) is 9.13. The number of benzene rings is 1. The molecule has 0 atom stereocenters. The van der Waals surface area contributed by atoms with Crippen molar-refractivity contribution in [3.63, 3.8) is 0 Å². The molecular weight excluding hydrogens is 447 g/mol. The third-order valence-corrected chi connectivity index (χ3v) is 5.67. The Balaban J connectivity index is 1.37. The highest BCUT2D eigenvalue weighted by molar-refractivity contribution is 7.15. The Morgan fingerprint density at radius 3 is 2.87 bits per heavy atom. The fourth-order valence-electron chi connectivity index (χ4n) is 2.89. The highest BCUT2D eigenvalue weighted by Crippen LogP contribution is 2.23. The van der Waals surface area contributed by atoms with Crippen LogP contribution in [0.15, 0.2) is 36.5 Å². The van der Waals surface area contributed by atoms with Gasteiger partial charge in [-0.05, 0) is 24.0 Å². The number of halogens is 2. The molecular formula is C18H16ClFN8O2S. The van der Waals surface area contributed by atoms with Gasteiger partial charge in [0.15, 0.2) is 5.82 Å². The van der Waals surface area contributed by atoms with E-state index in [0.29, 0.717) is 40.2 Å². The fourth-order valence-corrected chi connectivity index (χ4v) is 3.84. The number of hydrogen-bond donors (Lipinski definition) is 1. The summed E-state index contributed by atoms with van der Waals surface area (Å²) in [5, 5.41) is 32.1. The molecule has 4 rings (SSSR count). The van der Waals surface area contributed by atoms with Crippen molar-refractivity contribution in [2.24, 2.45) is 0 Å². The van der Waals surface area contributed by atoms with E-state index in [1.807, 2.05) is 0 Å². The van der Waals surface area contributed by atoms with Crippen LogP contribution < -0.4 is 5.32 Å². The van der Waals surface area contributed by atoms with Crippen LogP contribution in [-0.4, -0.2) is 34.7 Å². The number of nitrogens with zero attached hydrogens (tertiary/aromatic N) is 7. The van der Waals surface area contributed by atoms with Crippen LogP contribution in [0.1, 0.15) is 16.3 Å². The van der Waals surface area contributed by atoms with E-state index in [0.717, 1.165) is 5.01 Å². The Kier molecular flexibility index (Phi) is 5.91. The van der Waals surface area contributed by atoms with Gasteiger partial charge in [-0.15, -0.1) is 10.2 Å². The first-order valence-corrected chi connectivity index (χ1v) is 10.3. The van der Waals surface area contributed by atoms with Gasteiger partial charge in [0.1, 0.15) is 10.8 Å². The summed E-state index contributed by atoms with van der Waals surface area (Å²) in [5.41, 5.74) is 1.07. The molecule has 0 spiro atoms. The molecule has 1 aromatic carbocycles. The van der Waals surface area contributed by atoms with Crippen LogP contribution in [0.2, 0.25) is 5.02 Å². The number of aryl methyl sites for hydroxylation is 3. The van der Waals surface area contributed by atoms with Crippen molar-refractivity contribution in [1.82, 2.24) is 29.8 Å². The van der Waals surface area contributed by atoms with Crippen molar-refractivity contribution in [2.45, 2.75) is 26.4 Å². The van der Waals surface area contributed by atoms with Crippen molar-refractivity contribution in [3.05, 3.63) is 73.7 Å². The second kappa shape index (κ2) is 8.78. The van der Waals surface area contributed by atoms with Crippen LogP contribution in [0.25, 0.3) is 0 Å². The van der Waals surface area contributed by atoms with Gasteiger partial charge in [-0.25, -0.2) is 4.39 Å². The maximum Gasteiger partial charge on any atom is 0.390 e. The minimum absolute atomic E-state index is 0.177. The highest BCUT2D eigenvalue weighted by atomic mass is 35.5. The number of anilines is 2. The molecule has 0 fully saturated rings. The zero-order valence-corrected chi connectivity index (χ0v) is 17.8. The Bertz CT molecular complexity index is 1220. The number of nitro groups is 1. The van der Waals surface area contributed by atoms with E-state index < -0.39 is 4.92 Å². The zero-order valence-electron chi connectivity index (χ0n) is 16.2. The Morgan fingerprint density at radius 1 is 1.29 bits per heavy atom. The van der Waals surface area contributed by atoms with Crippen LogP contribution in [0.4, 0.5) is 21.2 Å². The van der Waals surface area contributed by atoms with Crippen molar-refractivity contribution < 1.29 is 9.31 Å². The Labute approximate surface area is 184 Å². The summed E-state index contributed by atoms with van der Waals surface area (Å²) in [5.74, 6) is -0.0258. The molecule has 0 saturated carbocycles. The van der Waals surface area contributed by atoms with Crippen LogP contribution >= 0.6 is 22.9 Å². The number of hydrogen-bond acceptors (Lipinski definition) is 8.